The predicted molar refractivity (Wildman–Crippen MR) is 51.5 cm³/mol. The molecule has 6 heteroatoms. The Morgan fingerprint density at radius 2 is 1.85 bits per heavy atom. The zero-order chi connectivity index (χ0) is 10.5. The fraction of sp³-hybridized carbons (Fsp3) is 1.00. The van der Waals surface area contributed by atoms with Crippen LogP contribution in [0.15, 0.2) is 0 Å². The summed E-state index contributed by atoms with van der Waals surface area (Å²) in [7, 11) is -3.46. The van der Waals surface area contributed by atoms with E-state index in [1.807, 2.05) is 0 Å². The Morgan fingerprint density at radius 1 is 1.31 bits per heavy atom. The van der Waals surface area contributed by atoms with E-state index in [-0.39, 0.29) is 12.6 Å². The van der Waals surface area contributed by atoms with Crippen molar-refractivity contribution in [1.82, 2.24) is 9.44 Å². The third kappa shape index (κ3) is 5.98. The van der Waals surface area contributed by atoms with Gasteiger partial charge in [0, 0.05) is 12.1 Å². The Bertz CT molecular complexity index is 222. The lowest BCUT2D eigenvalue weighted by molar-refractivity contribution is 0.253. The zero-order valence-corrected chi connectivity index (χ0v) is 9.06. The van der Waals surface area contributed by atoms with Crippen LogP contribution in [0.5, 0.6) is 0 Å². The van der Waals surface area contributed by atoms with Gasteiger partial charge in [0.2, 0.25) is 0 Å². The summed E-state index contributed by atoms with van der Waals surface area (Å²) >= 11 is 0. The molecule has 0 aromatic carbocycles. The highest BCUT2D eigenvalue weighted by Gasteiger charge is 2.15. The molecule has 80 valence electrons. The van der Waals surface area contributed by atoms with Gasteiger partial charge in [0.05, 0.1) is 6.61 Å². The fourth-order valence-corrected chi connectivity index (χ4v) is 2.18. The minimum Gasteiger partial charge on any atom is -0.395 e. The zero-order valence-electron chi connectivity index (χ0n) is 8.24. The molecule has 0 heterocycles. The average Bonchev–Trinajstić information content (AvgIpc) is 1.97. The molecule has 0 aromatic rings. The summed E-state index contributed by atoms with van der Waals surface area (Å²) in [5, 5.41) is 8.77. The largest absolute Gasteiger partial charge is 0.395 e. The molecule has 0 aliphatic carbocycles. The number of aliphatic hydroxyl groups is 1. The van der Waals surface area contributed by atoms with Crippen molar-refractivity contribution >= 4 is 10.2 Å². The van der Waals surface area contributed by atoms with Gasteiger partial charge >= 0.3 is 0 Å². The van der Waals surface area contributed by atoms with Crippen molar-refractivity contribution in [2.24, 2.45) is 0 Å². The summed E-state index contributed by atoms with van der Waals surface area (Å²) in [5.41, 5.74) is 0. The smallest absolute Gasteiger partial charge is 0.277 e. The van der Waals surface area contributed by atoms with Crippen LogP contribution in [0, 0.1) is 0 Å². The number of hydrogen-bond acceptors (Lipinski definition) is 3. The van der Waals surface area contributed by atoms with Crippen LogP contribution < -0.4 is 9.44 Å². The average molecular weight is 210 g/mol. The fourth-order valence-electron chi connectivity index (χ4n) is 0.813. The lowest BCUT2D eigenvalue weighted by Gasteiger charge is -2.16. The minimum atomic E-state index is -3.46. The summed E-state index contributed by atoms with van der Waals surface area (Å²) in [6.45, 7) is 5.09. The Kier molecular flexibility index (Phi) is 5.46. The second-order valence-corrected chi connectivity index (χ2v) is 4.66. The van der Waals surface area contributed by atoms with Gasteiger partial charge in [-0.25, -0.2) is 0 Å². The van der Waals surface area contributed by atoms with Crippen molar-refractivity contribution < 1.29 is 13.5 Å². The van der Waals surface area contributed by atoms with E-state index in [1.54, 1.807) is 20.8 Å². The Balaban J connectivity index is 4.16. The van der Waals surface area contributed by atoms with Gasteiger partial charge in [0.1, 0.15) is 0 Å². The van der Waals surface area contributed by atoms with Gasteiger partial charge in [-0.05, 0) is 20.3 Å². The van der Waals surface area contributed by atoms with Gasteiger partial charge in [0.25, 0.3) is 10.2 Å². The molecule has 0 rings (SSSR count). The molecular formula is C7H18N2O3S. The van der Waals surface area contributed by atoms with E-state index in [0.717, 1.165) is 0 Å². The first-order valence-corrected chi connectivity index (χ1v) is 5.80. The first kappa shape index (κ1) is 12.8. The molecule has 0 unspecified atom stereocenters. The SMILES string of the molecule is CC[C@H](CO)NS(=O)(=O)NC(C)C. The van der Waals surface area contributed by atoms with Gasteiger partial charge < -0.3 is 5.11 Å². The van der Waals surface area contributed by atoms with Crippen LogP contribution in [-0.2, 0) is 10.2 Å². The molecule has 0 aliphatic heterocycles. The highest BCUT2D eigenvalue weighted by Crippen LogP contribution is 1.92. The van der Waals surface area contributed by atoms with Gasteiger partial charge in [-0.3, -0.25) is 0 Å². The van der Waals surface area contributed by atoms with Crippen molar-refractivity contribution in [3.05, 3.63) is 0 Å². The first-order chi connectivity index (χ1) is 5.91. The third-order valence-corrected chi connectivity index (χ3v) is 2.85. The highest BCUT2D eigenvalue weighted by atomic mass is 32.2. The summed E-state index contributed by atoms with van der Waals surface area (Å²) in [5.74, 6) is 0. The van der Waals surface area contributed by atoms with E-state index in [2.05, 4.69) is 9.44 Å². The molecule has 0 saturated carbocycles. The normalized spacial score (nSPS) is 14.8. The van der Waals surface area contributed by atoms with Crippen molar-refractivity contribution in [2.75, 3.05) is 6.61 Å². The summed E-state index contributed by atoms with van der Waals surface area (Å²) in [6, 6.07) is -0.551. The summed E-state index contributed by atoms with van der Waals surface area (Å²) in [4.78, 5) is 0. The first-order valence-electron chi connectivity index (χ1n) is 4.31. The van der Waals surface area contributed by atoms with E-state index in [0.29, 0.717) is 6.42 Å². The summed E-state index contributed by atoms with van der Waals surface area (Å²) < 4.78 is 27.2. The predicted octanol–water partition coefficient (Wildman–Crippen LogP) is -0.410. The molecule has 3 N–H and O–H groups in total. The van der Waals surface area contributed by atoms with Crippen LogP contribution in [-0.4, -0.2) is 32.2 Å². The van der Waals surface area contributed by atoms with Crippen molar-refractivity contribution in [3.8, 4) is 0 Å². The molecule has 0 fully saturated rings. The number of hydrogen-bond donors (Lipinski definition) is 3. The van der Waals surface area contributed by atoms with Gasteiger partial charge in [-0.2, -0.15) is 17.9 Å². The monoisotopic (exact) mass is 210 g/mol. The Morgan fingerprint density at radius 3 is 2.15 bits per heavy atom. The molecule has 0 radical (unpaired) electrons. The molecule has 1 atom stereocenters. The number of nitrogens with one attached hydrogen (secondary N) is 2. The molecule has 0 bridgehead atoms. The van der Waals surface area contributed by atoms with Crippen LogP contribution in [0.3, 0.4) is 0 Å². The summed E-state index contributed by atoms with van der Waals surface area (Å²) in [6.07, 6.45) is 0.565. The second-order valence-electron chi connectivity index (χ2n) is 3.18. The van der Waals surface area contributed by atoms with E-state index in [9.17, 15) is 8.42 Å². The topological polar surface area (TPSA) is 78.4 Å². The maximum absolute atomic E-state index is 11.2. The molecule has 0 saturated heterocycles. The van der Waals surface area contributed by atoms with Crippen LogP contribution in [0.4, 0.5) is 0 Å². The van der Waals surface area contributed by atoms with E-state index in [4.69, 9.17) is 5.11 Å². The Labute approximate surface area is 79.7 Å². The third-order valence-electron chi connectivity index (χ3n) is 1.43. The molecule has 0 aliphatic rings. The number of aliphatic hydroxyl groups excluding tert-OH is 1. The lowest BCUT2D eigenvalue weighted by atomic mass is 10.3. The molecule has 0 aromatic heterocycles. The van der Waals surface area contributed by atoms with Crippen LogP contribution in [0.2, 0.25) is 0 Å². The molecule has 13 heavy (non-hydrogen) atoms. The van der Waals surface area contributed by atoms with Crippen LogP contribution in [0.1, 0.15) is 27.2 Å². The van der Waals surface area contributed by atoms with Crippen molar-refractivity contribution in [1.29, 1.82) is 0 Å². The molecule has 5 nitrogen and oxygen atoms in total. The van der Waals surface area contributed by atoms with Crippen molar-refractivity contribution in [3.63, 3.8) is 0 Å². The van der Waals surface area contributed by atoms with Gasteiger partial charge in [-0.15, -0.1) is 0 Å². The highest BCUT2D eigenvalue weighted by molar-refractivity contribution is 7.87. The molecule has 0 amide bonds. The quantitative estimate of drug-likeness (QED) is 0.557. The van der Waals surface area contributed by atoms with Crippen molar-refractivity contribution in [2.45, 2.75) is 39.3 Å². The Hall–Kier alpha value is -0.170. The maximum atomic E-state index is 11.2. The van der Waals surface area contributed by atoms with E-state index < -0.39 is 16.3 Å². The lowest BCUT2D eigenvalue weighted by Crippen LogP contribution is -2.46. The maximum Gasteiger partial charge on any atom is 0.277 e. The minimum absolute atomic E-state index is 0.145. The second kappa shape index (κ2) is 5.54. The van der Waals surface area contributed by atoms with E-state index in [1.165, 1.54) is 0 Å². The number of rotatable bonds is 6. The molecular weight excluding hydrogens is 192 g/mol. The standard InChI is InChI=1S/C7H18N2O3S/c1-4-7(5-10)9-13(11,12)8-6(2)3/h6-10H,4-5H2,1-3H3/t7-/m1/s1. The van der Waals surface area contributed by atoms with Gasteiger partial charge in [-0.1, -0.05) is 6.92 Å². The van der Waals surface area contributed by atoms with Crippen LogP contribution >= 0.6 is 0 Å². The van der Waals surface area contributed by atoms with E-state index >= 15 is 0 Å². The van der Waals surface area contributed by atoms with Crippen LogP contribution in [0.25, 0.3) is 0 Å². The van der Waals surface area contributed by atoms with Gasteiger partial charge in [0.15, 0.2) is 0 Å². The molecule has 0 spiro atoms.